The first-order chi connectivity index (χ1) is 12.0. The number of piperidine rings is 1. The summed E-state index contributed by atoms with van der Waals surface area (Å²) in [4.78, 5) is 34.0. The van der Waals surface area contributed by atoms with Crippen molar-refractivity contribution < 1.29 is 14.3 Å². The molecule has 1 aromatic heterocycles. The highest BCUT2D eigenvalue weighted by atomic mass is 16.6. The molecule has 0 unspecified atom stereocenters. The molecule has 0 aliphatic carbocycles. The number of nitrogens with zero attached hydrogens (tertiary/aromatic N) is 4. The first-order valence-electron chi connectivity index (χ1n) is 8.84. The monoisotopic (exact) mass is 346 g/mol. The van der Waals surface area contributed by atoms with E-state index < -0.39 is 5.60 Å². The Morgan fingerprint density at radius 2 is 2.00 bits per heavy atom. The van der Waals surface area contributed by atoms with E-state index in [0.29, 0.717) is 32.7 Å². The molecule has 0 atom stereocenters. The number of ether oxygens (including phenoxy) is 1. The number of rotatable bonds is 5. The molecule has 7 nitrogen and oxygen atoms in total. The number of likely N-dealkylation sites (N-methyl/N-ethyl adjacent to an activating group) is 2. The van der Waals surface area contributed by atoms with Crippen molar-refractivity contribution in [3.63, 3.8) is 0 Å². The molecule has 0 N–H and O–H groups in total. The Balaban J connectivity index is 1.48. The van der Waals surface area contributed by atoms with Crippen LogP contribution >= 0.6 is 0 Å². The summed E-state index contributed by atoms with van der Waals surface area (Å²) in [6.45, 7) is 5.66. The zero-order chi connectivity index (χ0) is 17.9. The van der Waals surface area contributed by atoms with E-state index in [4.69, 9.17) is 4.74 Å². The summed E-state index contributed by atoms with van der Waals surface area (Å²) >= 11 is 0. The largest absolute Gasteiger partial charge is 0.441 e. The van der Waals surface area contributed by atoms with Crippen molar-refractivity contribution in [2.24, 2.45) is 0 Å². The maximum Gasteiger partial charge on any atom is 0.410 e. The molecule has 2 amide bonds. The van der Waals surface area contributed by atoms with Crippen LogP contribution in [0.5, 0.6) is 0 Å². The third-order valence-electron chi connectivity index (χ3n) is 5.06. The molecule has 2 fully saturated rings. The maximum atomic E-state index is 12.5. The molecule has 0 saturated carbocycles. The zero-order valence-corrected chi connectivity index (χ0v) is 15.0. The Bertz CT molecular complexity index is 614. The lowest BCUT2D eigenvalue weighted by Gasteiger charge is -2.38. The minimum absolute atomic E-state index is 0.128. The Morgan fingerprint density at radius 3 is 2.60 bits per heavy atom. The Hall–Kier alpha value is -2.15. The highest BCUT2D eigenvalue weighted by Crippen LogP contribution is 2.33. The number of amides is 2. The fraction of sp³-hybridized carbons (Fsp3) is 0.611. The molecule has 7 heteroatoms. The predicted molar refractivity (Wildman–Crippen MR) is 92.8 cm³/mol. The molecule has 1 aromatic rings. The van der Waals surface area contributed by atoms with Gasteiger partial charge in [0.1, 0.15) is 5.60 Å². The number of carbonyl (C=O) groups is 2. The molecule has 2 aliphatic rings. The molecule has 1 spiro atoms. The van der Waals surface area contributed by atoms with Gasteiger partial charge >= 0.3 is 6.09 Å². The van der Waals surface area contributed by atoms with E-state index in [2.05, 4.69) is 4.98 Å². The smallest absolute Gasteiger partial charge is 0.410 e. The SMILES string of the molecule is CCN1CC2(CCN(C(=O)CN(C)Cc3ccncc3)CC2)OC1=O. The summed E-state index contributed by atoms with van der Waals surface area (Å²) in [6.07, 6.45) is 4.73. The van der Waals surface area contributed by atoms with Crippen LogP contribution in [0.25, 0.3) is 0 Å². The number of aromatic nitrogens is 1. The van der Waals surface area contributed by atoms with Gasteiger partial charge in [-0.05, 0) is 31.7 Å². The second kappa shape index (κ2) is 7.39. The minimum Gasteiger partial charge on any atom is -0.441 e. The van der Waals surface area contributed by atoms with Gasteiger partial charge in [-0.3, -0.25) is 14.7 Å². The summed E-state index contributed by atoms with van der Waals surface area (Å²) in [5.41, 5.74) is 0.743. The number of hydrogen-bond donors (Lipinski definition) is 0. The molecular weight excluding hydrogens is 320 g/mol. The highest BCUT2D eigenvalue weighted by molar-refractivity contribution is 5.78. The highest BCUT2D eigenvalue weighted by Gasteiger charge is 2.46. The molecule has 3 heterocycles. The summed E-state index contributed by atoms with van der Waals surface area (Å²) in [5, 5.41) is 0. The average Bonchev–Trinajstić information content (AvgIpc) is 2.91. The minimum atomic E-state index is -0.396. The molecule has 3 rings (SSSR count). The number of carbonyl (C=O) groups excluding carboxylic acids is 2. The first kappa shape index (κ1) is 17.7. The molecule has 2 saturated heterocycles. The Morgan fingerprint density at radius 1 is 1.32 bits per heavy atom. The third-order valence-corrected chi connectivity index (χ3v) is 5.06. The Kier molecular flexibility index (Phi) is 5.22. The molecular formula is C18H26N4O3. The van der Waals surface area contributed by atoms with Crippen molar-refractivity contribution in [2.45, 2.75) is 31.9 Å². The van der Waals surface area contributed by atoms with Crippen LogP contribution in [-0.4, -0.2) is 77.1 Å². The van der Waals surface area contributed by atoms with Gasteiger partial charge in [-0.15, -0.1) is 0 Å². The van der Waals surface area contributed by atoms with Crippen molar-refractivity contribution in [2.75, 3.05) is 39.8 Å². The van der Waals surface area contributed by atoms with Crippen LogP contribution in [-0.2, 0) is 16.1 Å². The van der Waals surface area contributed by atoms with E-state index in [9.17, 15) is 9.59 Å². The van der Waals surface area contributed by atoms with Crippen LogP contribution in [0.2, 0.25) is 0 Å². The van der Waals surface area contributed by atoms with E-state index in [-0.39, 0.29) is 12.0 Å². The summed E-state index contributed by atoms with van der Waals surface area (Å²) in [7, 11) is 1.95. The van der Waals surface area contributed by atoms with Gasteiger partial charge in [0.05, 0.1) is 13.1 Å². The van der Waals surface area contributed by atoms with Crippen LogP contribution in [0, 0.1) is 0 Å². The molecule has 2 aliphatic heterocycles. The lowest BCUT2D eigenvalue weighted by atomic mass is 9.91. The molecule has 0 aromatic carbocycles. The summed E-state index contributed by atoms with van der Waals surface area (Å²) < 4.78 is 5.61. The molecule has 0 bridgehead atoms. The van der Waals surface area contributed by atoms with Crippen molar-refractivity contribution in [3.05, 3.63) is 30.1 Å². The van der Waals surface area contributed by atoms with Crippen LogP contribution in [0.3, 0.4) is 0 Å². The van der Waals surface area contributed by atoms with E-state index in [1.807, 2.05) is 35.9 Å². The topological polar surface area (TPSA) is 66.0 Å². The van der Waals surface area contributed by atoms with Gasteiger partial charge in [-0.1, -0.05) is 0 Å². The second-order valence-corrected chi connectivity index (χ2v) is 6.97. The van der Waals surface area contributed by atoms with Gasteiger partial charge in [-0.2, -0.15) is 0 Å². The number of hydrogen-bond acceptors (Lipinski definition) is 5. The van der Waals surface area contributed by atoms with Crippen molar-refractivity contribution in [1.82, 2.24) is 19.7 Å². The molecule has 0 radical (unpaired) electrons. The van der Waals surface area contributed by atoms with E-state index >= 15 is 0 Å². The van der Waals surface area contributed by atoms with Crippen LogP contribution in [0.4, 0.5) is 4.79 Å². The predicted octanol–water partition coefficient (Wildman–Crippen LogP) is 1.35. The van der Waals surface area contributed by atoms with Crippen LogP contribution in [0.15, 0.2) is 24.5 Å². The lowest BCUT2D eigenvalue weighted by Crippen LogP contribution is -2.50. The fourth-order valence-corrected chi connectivity index (χ4v) is 3.55. The van der Waals surface area contributed by atoms with E-state index in [0.717, 1.165) is 24.9 Å². The fourth-order valence-electron chi connectivity index (χ4n) is 3.55. The zero-order valence-electron chi connectivity index (χ0n) is 15.0. The van der Waals surface area contributed by atoms with Gasteiger partial charge in [-0.25, -0.2) is 4.79 Å². The maximum absolute atomic E-state index is 12.5. The van der Waals surface area contributed by atoms with Gasteiger partial charge in [0, 0.05) is 51.4 Å². The lowest BCUT2D eigenvalue weighted by molar-refractivity contribution is -0.135. The van der Waals surface area contributed by atoms with Crippen LogP contribution in [0.1, 0.15) is 25.3 Å². The summed E-state index contributed by atoms with van der Waals surface area (Å²) in [6, 6.07) is 3.92. The number of likely N-dealkylation sites (tertiary alicyclic amines) is 1. The normalized spacial score (nSPS) is 19.6. The molecule has 25 heavy (non-hydrogen) atoms. The second-order valence-electron chi connectivity index (χ2n) is 6.97. The Labute approximate surface area is 148 Å². The van der Waals surface area contributed by atoms with Crippen LogP contribution < -0.4 is 0 Å². The van der Waals surface area contributed by atoms with Gasteiger partial charge in [0.15, 0.2) is 0 Å². The van der Waals surface area contributed by atoms with Gasteiger partial charge in [0.25, 0.3) is 0 Å². The van der Waals surface area contributed by atoms with E-state index in [1.54, 1.807) is 17.3 Å². The van der Waals surface area contributed by atoms with Gasteiger partial charge < -0.3 is 14.5 Å². The summed E-state index contributed by atoms with van der Waals surface area (Å²) in [5.74, 6) is 0.128. The standard InChI is InChI=1S/C18H26N4O3/c1-3-21-14-18(25-17(21)24)6-10-22(11-7-18)16(23)13-20(2)12-15-4-8-19-9-5-15/h4-5,8-9H,3,6-7,10-14H2,1-2H3. The first-order valence-corrected chi connectivity index (χ1v) is 8.84. The third kappa shape index (κ3) is 4.10. The van der Waals surface area contributed by atoms with Crippen molar-refractivity contribution >= 4 is 12.0 Å². The van der Waals surface area contributed by atoms with Crippen molar-refractivity contribution in [1.29, 1.82) is 0 Å². The molecule has 136 valence electrons. The van der Waals surface area contributed by atoms with Gasteiger partial charge in [0.2, 0.25) is 5.91 Å². The van der Waals surface area contributed by atoms with E-state index in [1.165, 1.54) is 0 Å². The van der Waals surface area contributed by atoms with Crippen molar-refractivity contribution in [3.8, 4) is 0 Å². The number of pyridine rings is 1. The average molecular weight is 346 g/mol. The quantitative estimate of drug-likeness (QED) is 0.805.